The molecule has 1 saturated heterocycles. The molecule has 7 heteroatoms. The highest BCUT2D eigenvalue weighted by Crippen LogP contribution is 2.42. The fourth-order valence-corrected chi connectivity index (χ4v) is 5.13. The predicted octanol–water partition coefficient (Wildman–Crippen LogP) is 3.31. The van der Waals surface area contributed by atoms with E-state index in [0.717, 1.165) is 22.9 Å². The van der Waals surface area contributed by atoms with E-state index in [1.54, 1.807) is 4.90 Å². The lowest BCUT2D eigenvalue weighted by Crippen LogP contribution is -2.59. The van der Waals surface area contributed by atoms with Gasteiger partial charge in [-0.2, -0.15) is 0 Å². The Kier molecular flexibility index (Phi) is 5.68. The van der Waals surface area contributed by atoms with Gasteiger partial charge in [0.05, 0.1) is 12.3 Å². The number of piperidine rings is 1. The van der Waals surface area contributed by atoms with Gasteiger partial charge >= 0.3 is 0 Å². The molecule has 1 aliphatic heterocycles. The van der Waals surface area contributed by atoms with Crippen molar-refractivity contribution in [3.05, 3.63) is 60.2 Å². The first kappa shape index (κ1) is 21.0. The van der Waals surface area contributed by atoms with Crippen molar-refractivity contribution in [2.75, 3.05) is 12.8 Å². The number of carbonyl (C=O) groups excluding carboxylic acids is 1. The third kappa shape index (κ3) is 4.73. The average Bonchev–Trinajstić information content (AvgIpc) is 3.47. The Morgan fingerprint density at radius 3 is 2.50 bits per heavy atom. The average molecular weight is 431 g/mol. The summed E-state index contributed by atoms with van der Waals surface area (Å²) in [4.78, 5) is 14.4. The van der Waals surface area contributed by atoms with Gasteiger partial charge in [0, 0.05) is 12.6 Å². The summed E-state index contributed by atoms with van der Waals surface area (Å²) < 4.78 is 41.2. The molecule has 160 valence electrons. The molecule has 5 nitrogen and oxygen atoms in total. The van der Waals surface area contributed by atoms with E-state index < -0.39 is 33.7 Å². The van der Waals surface area contributed by atoms with Crippen molar-refractivity contribution in [3.8, 4) is 11.1 Å². The molecule has 1 aliphatic carbocycles. The van der Waals surface area contributed by atoms with E-state index in [0.29, 0.717) is 25.8 Å². The van der Waals surface area contributed by atoms with Crippen LogP contribution < -0.4 is 4.72 Å². The molecular formula is C23H27FN2O3S. The number of rotatable bonds is 6. The summed E-state index contributed by atoms with van der Waals surface area (Å²) in [7, 11) is -3.45. The molecule has 2 aromatic carbocycles. The standard InChI is InChI=1S/C23H27FN2O3S/c1-30(28,29)25-20-11-6-14-26(22(27)23(24)12-13-23)21(20)16-17-7-5-10-19(15-17)18-8-3-2-4-9-18/h2-5,7-10,15,20-21,25H,6,11-14,16H2,1H3/t20-,21-/m1/s1. The third-order valence-corrected chi connectivity index (χ3v) is 6.69. The second-order valence-corrected chi connectivity index (χ2v) is 10.2. The summed E-state index contributed by atoms with van der Waals surface area (Å²) in [6.45, 7) is 0.454. The summed E-state index contributed by atoms with van der Waals surface area (Å²) in [6, 6.07) is 17.2. The van der Waals surface area contributed by atoms with E-state index in [-0.39, 0.29) is 12.8 Å². The number of nitrogens with zero attached hydrogens (tertiary/aromatic N) is 1. The van der Waals surface area contributed by atoms with Crippen LogP contribution in [0.25, 0.3) is 11.1 Å². The molecule has 0 bridgehead atoms. The summed E-state index contributed by atoms with van der Waals surface area (Å²) >= 11 is 0. The van der Waals surface area contributed by atoms with Gasteiger partial charge in [0.25, 0.3) is 5.91 Å². The summed E-state index contributed by atoms with van der Waals surface area (Å²) in [5.74, 6) is -0.494. The van der Waals surface area contributed by atoms with Gasteiger partial charge in [-0.25, -0.2) is 17.5 Å². The number of carbonyl (C=O) groups is 1. The molecule has 2 atom stereocenters. The zero-order valence-corrected chi connectivity index (χ0v) is 17.9. The van der Waals surface area contributed by atoms with E-state index >= 15 is 0 Å². The topological polar surface area (TPSA) is 66.5 Å². The Morgan fingerprint density at radius 2 is 1.83 bits per heavy atom. The minimum absolute atomic E-state index is 0.253. The monoisotopic (exact) mass is 430 g/mol. The molecule has 1 saturated carbocycles. The van der Waals surface area contributed by atoms with Gasteiger partial charge in [0.15, 0.2) is 5.67 Å². The largest absolute Gasteiger partial charge is 0.335 e. The minimum Gasteiger partial charge on any atom is -0.335 e. The quantitative estimate of drug-likeness (QED) is 0.765. The van der Waals surface area contributed by atoms with Gasteiger partial charge in [-0.3, -0.25) is 4.79 Å². The Balaban J connectivity index is 1.63. The van der Waals surface area contributed by atoms with Crippen LogP contribution in [0, 0.1) is 0 Å². The number of amides is 1. The molecule has 1 heterocycles. The van der Waals surface area contributed by atoms with Crippen LogP contribution in [0.5, 0.6) is 0 Å². The van der Waals surface area contributed by atoms with E-state index in [1.807, 2.05) is 48.5 Å². The van der Waals surface area contributed by atoms with Gasteiger partial charge in [0.1, 0.15) is 0 Å². The summed E-state index contributed by atoms with van der Waals surface area (Å²) in [6.07, 6.45) is 3.37. The van der Waals surface area contributed by atoms with Crippen LogP contribution in [0.4, 0.5) is 4.39 Å². The number of halogens is 1. The van der Waals surface area contributed by atoms with Crippen LogP contribution in [0.2, 0.25) is 0 Å². The lowest BCUT2D eigenvalue weighted by Gasteiger charge is -2.42. The first-order valence-corrected chi connectivity index (χ1v) is 12.3. The van der Waals surface area contributed by atoms with Gasteiger partial charge in [-0.15, -0.1) is 0 Å². The maximum Gasteiger partial charge on any atom is 0.260 e. The van der Waals surface area contributed by atoms with Crippen LogP contribution in [0.15, 0.2) is 54.6 Å². The molecule has 30 heavy (non-hydrogen) atoms. The van der Waals surface area contributed by atoms with Crippen LogP contribution >= 0.6 is 0 Å². The number of hydrogen-bond donors (Lipinski definition) is 1. The smallest absolute Gasteiger partial charge is 0.260 e. The van der Waals surface area contributed by atoms with Crippen LogP contribution in [-0.2, 0) is 21.2 Å². The number of nitrogens with one attached hydrogen (secondary N) is 1. The zero-order chi connectivity index (χ0) is 21.4. The van der Waals surface area contributed by atoms with Crippen LogP contribution in [0.3, 0.4) is 0 Å². The molecule has 2 aromatic rings. The highest BCUT2D eigenvalue weighted by molar-refractivity contribution is 7.88. The molecule has 0 unspecified atom stereocenters. The molecule has 0 radical (unpaired) electrons. The van der Waals surface area contributed by atoms with Gasteiger partial charge in [-0.1, -0.05) is 54.6 Å². The molecule has 2 aliphatic rings. The fourth-order valence-electron chi connectivity index (χ4n) is 4.30. The number of alkyl halides is 1. The van der Waals surface area contributed by atoms with Crippen molar-refractivity contribution >= 4 is 15.9 Å². The Morgan fingerprint density at radius 1 is 1.13 bits per heavy atom. The maximum absolute atomic E-state index is 14.6. The minimum atomic E-state index is -3.45. The van der Waals surface area contributed by atoms with Gasteiger partial charge in [0.2, 0.25) is 10.0 Å². The number of sulfonamides is 1. The number of hydrogen-bond acceptors (Lipinski definition) is 3. The predicted molar refractivity (Wildman–Crippen MR) is 115 cm³/mol. The number of benzene rings is 2. The van der Waals surface area contributed by atoms with Crippen molar-refractivity contribution in [3.63, 3.8) is 0 Å². The molecule has 1 N–H and O–H groups in total. The van der Waals surface area contributed by atoms with E-state index in [9.17, 15) is 17.6 Å². The van der Waals surface area contributed by atoms with Crippen molar-refractivity contribution in [2.45, 2.75) is 49.9 Å². The van der Waals surface area contributed by atoms with Crippen molar-refractivity contribution in [1.29, 1.82) is 0 Å². The maximum atomic E-state index is 14.6. The number of likely N-dealkylation sites (tertiary alicyclic amines) is 1. The second-order valence-electron chi connectivity index (χ2n) is 8.44. The molecule has 4 rings (SSSR count). The van der Waals surface area contributed by atoms with E-state index in [2.05, 4.69) is 10.8 Å². The SMILES string of the molecule is CS(=O)(=O)N[C@@H]1CCCN(C(=O)C2(F)CC2)[C@@H]1Cc1cccc(-c2ccccc2)c1. The van der Waals surface area contributed by atoms with Crippen molar-refractivity contribution in [2.24, 2.45) is 0 Å². The zero-order valence-electron chi connectivity index (χ0n) is 17.1. The molecule has 0 spiro atoms. The summed E-state index contributed by atoms with van der Waals surface area (Å²) in [5.41, 5.74) is 1.36. The molecule has 2 fully saturated rings. The second kappa shape index (κ2) is 8.12. The molecule has 1 amide bonds. The summed E-state index contributed by atoms with van der Waals surface area (Å²) in [5, 5.41) is 0. The Labute approximate surface area is 177 Å². The first-order valence-electron chi connectivity index (χ1n) is 10.4. The fraction of sp³-hybridized carbons (Fsp3) is 0.435. The third-order valence-electron chi connectivity index (χ3n) is 5.96. The normalized spacial score (nSPS) is 23.2. The lowest BCUT2D eigenvalue weighted by molar-refractivity contribution is -0.142. The first-order chi connectivity index (χ1) is 14.3. The molecule has 0 aromatic heterocycles. The van der Waals surface area contributed by atoms with Crippen LogP contribution in [0.1, 0.15) is 31.2 Å². The van der Waals surface area contributed by atoms with E-state index in [1.165, 1.54) is 0 Å². The van der Waals surface area contributed by atoms with E-state index in [4.69, 9.17) is 0 Å². The van der Waals surface area contributed by atoms with Gasteiger partial charge < -0.3 is 4.90 Å². The Hall–Kier alpha value is -2.25. The van der Waals surface area contributed by atoms with Crippen molar-refractivity contribution < 1.29 is 17.6 Å². The van der Waals surface area contributed by atoms with Crippen LogP contribution in [-0.4, -0.2) is 49.8 Å². The lowest BCUT2D eigenvalue weighted by atomic mass is 9.90. The van der Waals surface area contributed by atoms with Crippen molar-refractivity contribution in [1.82, 2.24) is 9.62 Å². The Bertz CT molecular complexity index is 1020. The molecular weight excluding hydrogens is 403 g/mol. The highest BCUT2D eigenvalue weighted by atomic mass is 32.2. The van der Waals surface area contributed by atoms with Gasteiger partial charge in [-0.05, 0) is 48.8 Å². The highest BCUT2D eigenvalue weighted by Gasteiger charge is 2.54.